The molecule has 0 saturated carbocycles. The van der Waals surface area contributed by atoms with Gasteiger partial charge < -0.3 is 14.9 Å². The van der Waals surface area contributed by atoms with Crippen molar-refractivity contribution < 1.29 is 34.1 Å². The van der Waals surface area contributed by atoms with Crippen molar-refractivity contribution in [3.05, 3.63) is 82.9 Å². The number of aromatic carboxylic acids is 2. The number of benzene rings is 3. The molecule has 7 heteroatoms. The van der Waals surface area contributed by atoms with Gasteiger partial charge in [0.05, 0.1) is 22.3 Å². The fourth-order valence-corrected chi connectivity index (χ4v) is 2.63. The number of fused-ring (bicyclic) bond motifs is 1. The van der Waals surface area contributed by atoms with Crippen molar-refractivity contribution in [3.63, 3.8) is 0 Å². The van der Waals surface area contributed by atoms with Crippen LogP contribution in [0.2, 0.25) is 0 Å². The molecule has 3 aromatic rings. The molecule has 27 heavy (non-hydrogen) atoms. The van der Waals surface area contributed by atoms with E-state index in [-0.39, 0.29) is 11.1 Å². The Morgan fingerprint density at radius 2 is 1.33 bits per heavy atom. The molecule has 0 heterocycles. The molecule has 0 aromatic heterocycles. The summed E-state index contributed by atoms with van der Waals surface area (Å²) < 4.78 is 4.82. The minimum atomic E-state index is -1.45. The minimum absolute atomic E-state index is 0.132. The number of hydrogen-bond donors (Lipinski definition) is 2. The summed E-state index contributed by atoms with van der Waals surface area (Å²) in [7, 11) is 0. The van der Waals surface area contributed by atoms with Gasteiger partial charge in [-0.05, 0) is 35.0 Å². The van der Waals surface area contributed by atoms with Crippen LogP contribution < -0.4 is 0 Å². The summed E-state index contributed by atoms with van der Waals surface area (Å²) in [4.78, 5) is 47.2. The van der Waals surface area contributed by atoms with Crippen LogP contribution in [0.1, 0.15) is 41.4 Å². The highest BCUT2D eigenvalue weighted by atomic mass is 16.6. The molecule has 0 radical (unpaired) electrons. The van der Waals surface area contributed by atoms with Crippen LogP contribution in [0.15, 0.2) is 60.7 Å². The Bertz CT molecular complexity index is 1090. The molecule has 0 atom stereocenters. The smallest absolute Gasteiger partial charge is 0.346 e. The second kappa shape index (κ2) is 7.09. The van der Waals surface area contributed by atoms with E-state index in [1.807, 2.05) is 0 Å². The predicted octanol–water partition coefficient (Wildman–Crippen LogP) is 3.23. The molecule has 3 aromatic carbocycles. The predicted molar refractivity (Wildman–Crippen MR) is 94.1 cm³/mol. The van der Waals surface area contributed by atoms with E-state index in [4.69, 9.17) is 9.84 Å². The van der Waals surface area contributed by atoms with E-state index in [2.05, 4.69) is 0 Å². The number of carbonyl (C=O) groups is 4. The van der Waals surface area contributed by atoms with E-state index in [1.165, 1.54) is 6.07 Å². The Labute approximate surface area is 152 Å². The molecule has 0 bridgehead atoms. The summed E-state index contributed by atoms with van der Waals surface area (Å²) >= 11 is 0. The SMILES string of the molecule is O=C(O)c1ccc(C(=O)O)c(C(=O)OC(=O)c2cccc3ccccc23)c1. The summed E-state index contributed by atoms with van der Waals surface area (Å²) in [6.45, 7) is 0. The van der Waals surface area contributed by atoms with E-state index in [9.17, 15) is 24.3 Å². The average Bonchev–Trinajstić information content (AvgIpc) is 2.66. The summed E-state index contributed by atoms with van der Waals surface area (Å²) in [5.41, 5.74) is -1.15. The molecule has 0 saturated heterocycles. The van der Waals surface area contributed by atoms with Gasteiger partial charge in [0.25, 0.3) is 0 Å². The molecule has 0 aliphatic carbocycles. The average molecular weight is 364 g/mol. The Kier molecular flexibility index (Phi) is 4.68. The van der Waals surface area contributed by atoms with Crippen molar-refractivity contribution in [1.29, 1.82) is 0 Å². The van der Waals surface area contributed by atoms with E-state index < -0.39 is 35.0 Å². The third kappa shape index (κ3) is 3.52. The molecule has 0 fully saturated rings. The van der Waals surface area contributed by atoms with Crippen LogP contribution >= 0.6 is 0 Å². The van der Waals surface area contributed by atoms with E-state index in [0.717, 1.165) is 23.6 Å². The Morgan fingerprint density at radius 1 is 0.667 bits per heavy atom. The normalized spacial score (nSPS) is 10.4. The van der Waals surface area contributed by atoms with Crippen molar-refractivity contribution in [3.8, 4) is 0 Å². The molecule has 0 aliphatic heterocycles. The highest BCUT2D eigenvalue weighted by molar-refractivity contribution is 6.12. The molecule has 2 N–H and O–H groups in total. The van der Waals surface area contributed by atoms with Crippen LogP contribution in [0.5, 0.6) is 0 Å². The van der Waals surface area contributed by atoms with Gasteiger partial charge in [0.15, 0.2) is 0 Å². The maximum atomic E-state index is 12.4. The monoisotopic (exact) mass is 364 g/mol. The van der Waals surface area contributed by atoms with Gasteiger partial charge in [-0.2, -0.15) is 0 Å². The van der Waals surface area contributed by atoms with E-state index >= 15 is 0 Å². The quantitative estimate of drug-likeness (QED) is 0.539. The standard InChI is InChI=1S/C20H12O7/c21-17(22)12-8-9-14(18(23)24)16(10-12)20(26)27-19(25)15-7-3-5-11-4-1-2-6-13(11)15/h1-10H,(H,21,22)(H,23,24). The first-order valence-corrected chi connectivity index (χ1v) is 7.73. The molecule has 0 aliphatic rings. The van der Waals surface area contributed by atoms with Gasteiger partial charge in [-0.3, -0.25) is 0 Å². The molecule has 0 spiro atoms. The zero-order valence-corrected chi connectivity index (χ0v) is 13.7. The highest BCUT2D eigenvalue weighted by Gasteiger charge is 2.23. The number of carboxylic acids is 2. The Morgan fingerprint density at radius 3 is 2.04 bits per heavy atom. The minimum Gasteiger partial charge on any atom is -0.478 e. The summed E-state index contributed by atoms with van der Waals surface area (Å²) in [5, 5.41) is 19.6. The molecular formula is C20H12O7. The van der Waals surface area contributed by atoms with Gasteiger partial charge in [-0.25, -0.2) is 19.2 Å². The molecule has 7 nitrogen and oxygen atoms in total. The number of carbonyl (C=O) groups excluding carboxylic acids is 2. The fourth-order valence-electron chi connectivity index (χ4n) is 2.63. The maximum absolute atomic E-state index is 12.4. The van der Waals surface area contributed by atoms with Gasteiger partial charge >= 0.3 is 23.9 Å². The summed E-state index contributed by atoms with van der Waals surface area (Å²) in [6.07, 6.45) is 0. The highest BCUT2D eigenvalue weighted by Crippen LogP contribution is 2.21. The first kappa shape index (κ1) is 17.8. The lowest BCUT2D eigenvalue weighted by Crippen LogP contribution is -2.17. The first-order chi connectivity index (χ1) is 12.9. The van der Waals surface area contributed by atoms with Crippen LogP contribution in [-0.4, -0.2) is 34.1 Å². The lowest BCUT2D eigenvalue weighted by Gasteiger charge is -2.08. The number of rotatable bonds is 4. The van der Waals surface area contributed by atoms with Gasteiger partial charge in [0.1, 0.15) is 0 Å². The van der Waals surface area contributed by atoms with Gasteiger partial charge in [0, 0.05) is 0 Å². The van der Waals surface area contributed by atoms with Gasteiger partial charge in [0.2, 0.25) is 0 Å². The van der Waals surface area contributed by atoms with Gasteiger partial charge in [-0.15, -0.1) is 0 Å². The Balaban J connectivity index is 1.97. The molecule has 134 valence electrons. The van der Waals surface area contributed by atoms with Crippen LogP contribution in [0.4, 0.5) is 0 Å². The van der Waals surface area contributed by atoms with Crippen molar-refractivity contribution in [1.82, 2.24) is 0 Å². The van der Waals surface area contributed by atoms with Crippen LogP contribution in [-0.2, 0) is 4.74 Å². The molecule has 3 rings (SSSR count). The third-order valence-electron chi connectivity index (χ3n) is 3.91. The van der Waals surface area contributed by atoms with Gasteiger partial charge in [-0.1, -0.05) is 36.4 Å². The molecular weight excluding hydrogens is 352 g/mol. The maximum Gasteiger partial charge on any atom is 0.346 e. The second-order valence-electron chi connectivity index (χ2n) is 5.57. The zero-order valence-electron chi connectivity index (χ0n) is 13.7. The van der Waals surface area contributed by atoms with Crippen molar-refractivity contribution in [2.24, 2.45) is 0 Å². The Hall–Kier alpha value is -4.00. The number of carboxylic acid groups (broad SMARTS) is 2. The van der Waals surface area contributed by atoms with Crippen molar-refractivity contribution in [2.75, 3.05) is 0 Å². The topological polar surface area (TPSA) is 118 Å². The molecule has 0 unspecified atom stereocenters. The second-order valence-corrected chi connectivity index (χ2v) is 5.57. The first-order valence-electron chi connectivity index (χ1n) is 7.73. The number of ether oxygens (including phenoxy) is 1. The van der Waals surface area contributed by atoms with Crippen molar-refractivity contribution >= 4 is 34.6 Å². The van der Waals surface area contributed by atoms with Crippen LogP contribution in [0.3, 0.4) is 0 Å². The summed E-state index contributed by atoms with van der Waals surface area (Å²) in [6, 6.07) is 14.8. The van der Waals surface area contributed by atoms with Crippen LogP contribution in [0.25, 0.3) is 10.8 Å². The summed E-state index contributed by atoms with van der Waals surface area (Å²) in [5.74, 6) is -5.00. The van der Waals surface area contributed by atoms with E-state index in [1.54, 1.807) is 36.4 Å². The fraction of sp³-hybridized carbons (Fsp3) is 0. The zero-order chi connectivity index (χ0) is 19.6. The van der Waals surface area contributed by atoms with E-state index in [0.29, 0.717) is 5.39 Å². The van der Waals surface area contributed by atoms with Crippen LogP contribution in [0, 0.1) is 0 Å². The lowest BCUT2D eigenvalue weighted by atomic mass is 10.0. The third-order valence-corrected chi connectivity index (χ3v) is 3.91. The molecule has 0 amide bonds. The number of hydrogen-bond acceptors (Lipinski definition) is 5. The number of esters is 2. The lowest BCUT2D eigenvalue weighted by molar-refractivity contribution is 0.0393. The largest absolute Gasteiger partial charge is 0.478 e. The van der Waals surface area contributed by atoms with Crippen molar-refractivity contribution in [2.45, 2.75) is 0 Å².